The number of allylic oxidation sites excluding steroid dienone is 1. The summed E-state index contributed by atoms with van der Waals surface area (Å²) < 4.78 is 4.85. The zero-order valence-corrected chi connectivity index (χ0v) is 8.32. The van der Waals surface area contributed by atoms with Crippen molar-refractivity contribution in [1.82, 2.24) is 0 Å². The highest BCUT2D eigenvalue weighted by Gasteiger charge is 2.05. The van der Waals surface area contributed by atoms with Crippen molar-refractivity contribution in [2.45, 2.75) is 39.2 Å². The lowest BCUT2D eigenvalue weighted by atomic mass is 10.3. The molecule has 0 bridgehead atoms. The average molecular weight is 186 g/mol. The van der Waals surface area contributed by atoms with E-state index in [9.17, 15) is 4.79 Å². The van der Waals surface area contributed by atoms with Gasteiger partial charge in [0.05, 0.1) is 19.1 Å². The highest BCUT2D eigenvalue weighted by Crippen LogP contribution is 1.95. The van der Waals surface area contributed by atoms with Crippen LogP contribution < -0.4 is 0 Å². The van der Waals surface area contributed by atoms with E-state index in [1.54, 1.807) is 6.92 Å². The van der Waals surface area contributed by atoms with Gasteiger partial charge in [-0.3, -0.25) is 4.79 Å². The molecule has 13 heavy (non-hydrogen) atoms. The van der Waals surface area contributed by atoms with Gasteiger partial charge in [0, 0.05) is 0 Å². The highest BCUT2D eigenvalue weighted by molar-refractivity contribution is 5.69. The molecule has 0 aromatic rings. The molecule has 0 aliphatic rings. The van der Waals surface area contributed by atoms with Gasteiger partial charge in [0.2, 0.25) is 0 Å². The number of hydrogen-bond donors (Lipinski definition) is 1. The molecule has 0 aromatic heterocycles. The SMILES string of the molecule is CCC=CCCOC(=O)C[C@@H](C)O. The molecular formula is C10H18O3. The van der Waals surface area contributed by atoms with Crippen LogP contribution in [-0.4, -0.2) is 23.8 Å². The van der Waals surface area contributed by atoms with Crippen molar-refractivity contribution in [3.63, 3.8) is 0 Å². The first-order chi connectivity index (χ1) is 6.16. The number of aliphatic hydroxyl groups excluding tert-OH is 1. The summed E-state index contributed by atoms with van der Waals surface area (Å²) in [6.07, 6.45) is 5.23. The number of hydrogen-bond acceptors (Lipinski definition) is 3. The largest absolute Gasteiger partial charge is 0.465 e. The molecule has 3 nitrogen and oxygen atoms in total. The van der Waals surface area contributed by atoms with E-state index in [4.69, 9.17) is 9.84 Å². The van der Waals surface area contributed by atoms with Crippen LogP contribution in [0.15, 0.2) is 12.2 Å². The number of rotatable bonds is 6. The molecule has 1 N–H and O–H groups in total. The van der Waals surface area contributed by atoms with E-state index in [1.165, 1.54) is 0 Å². The summed E-state index contributed by atoms with van der Waals surface area (Å²) in [5.41, 5.74) is 0. The summed E-state index contributed by atoms with van der Waals surface area (Å²) in [6.45, 7) is 4.02. The molecule has 0 rings (SSSR count). The first kappa shape index (κ1) is 12.2. The molecule has 0 saturated heterocycles. The molecule has 3 heteroatoms. The minimum Gasteiger partial charge on any atom is -0.465 e. The number of ether oxygens (including phenoxy) is 1. The van der Waals surface area contributed by atoms with Crippen LogP contribution in [0.4, 0.5) is 0 Å². The van der Waals surface area contributed by atoms with Crippen molar-refractivity contribution in [2.24, 2.45) is 0 Å². The Hall–Kier alpha value is -0.830. The quantitative estimate of drug-likeness (QED) is 0.390. The fourth-order valence-electron chi connectivity index (χ4n) is 0.825. The molecule has 0 saturated carbocycles. The number of carbonyl (C=O) groups is 1. The fourth-order valence-corrected chi connectivity index (χ4v) is 0.825. The van der Waals surface area contributed by atoms with Gasteiger partial charge in [-0.2, -0.15) is 0 Å². The highest BCUT2D eigenvalue weighted by atomic mass is 16.5. The van der Waals surface area contributed by atoms with Gasteiger partial charge < -0.3 is 9.84 Å². The normalized spacial score (nSPS) is 13.2. The van der Waals surface area contributed by atoms with Gasteiger partial charge in [0.15, 0.2) is 0 Å². The lowest BCUT2D eigenvalue weighted by molar-refractivity contribution is -0.145. The monoisotopic (exact) mass is 186 g/mol. The molecule has 76 valence electrons. The van der Waals surface area contributed by atoms with Crippen LogP contribution in [0.3, 0.4) is 0 Å². The van der Waals surface area contributed by atoms with Crippen molar-refractivity contribution >= 4 is 5.97 Å². The molecule has 0 aliphatic heterocycles. The van der Waals surface area contributed by atoms with Crippen LogP contribution in [0.25, 0.3) is 0 Å². The Morgan fingerprint density at radius 3 is 2.77 bits per heavy atom. The van der Waals surface area contributed by atoms with Gasteiger partial charge in [-0.1, -0.05) is 19.1 Å². The Balaban J connectivity index is 3.32. The Morgan fingerprint density at radius 2 is 2.23 bits per heavy atom. The summed E-state index contributed by atoms with van der Waals surface area (Å²) in [4.78, 5) is 10.9. The Morgan fingerprint density at radius 1 is 1.54 bits per heavy atom. The topological polar surface area (TPSA) is 46.5 Å². The lowest BCUT2D eigenvalue weighted by Crippen LogP contribution is -2.12. The van der Waals surface area contributed by atoms with Crippen LogP contribution in [0.1, 0.15) is 33.1 Å². The first-order valence-corrected chi connectivity index (χ1v) is 4.65. The fraction of sp³-hybridized carbons (Fsp3) is 0.700. The minimum absolute atomic E-state index is 0.0808. The van der Waals surface area contributed by atoms with Crippen LogP contribution in [0, 0.1) is 0 Å². The second kappa shape index (κ2) is 7.80. The first-order valence-electron chi connectivity index (χ1n) is 4.65. The second-order valence-electron chi connectivity index (χ2n) is 2.94. The number of esters is 1. The molecule has 0 aromatic carbocycles. The molecule has 1 atom stereocenters. The van der Waals surface area contributed by atoms with E-state index in [2.05, 4.69) is 6.92 Å². The number of aliphatic hydroxyl groups is 1. The summed E-state index contributed by atoms with van der Waals surface area (Å²) in [7, 11) is 0. The average Bonchev–Trinajstić information content (AvgIpc) is 2.02. The van der Waals surface area contributed by atoms with Gasteiger partial charge in [-0.05, 0) is 19.8 Å². The maximum absolute atomic E-state index is 10.9. The number of carbonyl (C=O) groups excluding carboxylic acids is 1. The zero-order chi connectivity index (χ0) is 10.1. The standard InChI is InChI=1S/C10H18O3/c1-3-4-5-6-7-13-10(12)8-9(2)11/h4-5,9,11H,3,6-8H2,1-2H3/t9-/m1/s1. The summed E-state index contributed by atoms with van der Waals surface area (Å²) in [5.74, 6) is -0.333. The smallest absolute Gasteiger partial charge is 0.308 e. The van der Waals surface area contributed by atoms with Crippen LogP contribution in [-0.2, 0) is 9.53 Å². The van der Waals surface area contributed by atoms with Crippen molar-refractivity contribution in [2.75, 3.05) is 6.61 Å². The van der Waals surface area contributed by atoms with E-state index in [0.717, 1.165) is 12.8 Å². The molecule has 0 amide bonds. The predicted molar refractivity (Wildman–Crippen MR) is 51.3 cm³/mol. The third kappa shape index (κ3) is 9.08. The van der Waals surface area contributed by atoms with Crippen LogP contribution >= 0.6 is 0 Å². The molecule has 0 aliphatic carbocycles. The second-order valence-corrected chi connectivity index (χ2v) is 2.94. The molecule has 0 heterocycles. The third-order valence-electron chi connectivity index (χ3n) is 1.41. The van der Waals surface area contributed by atoms with E-state index in [0.29, 0.717) is 6.61 Å². The van der Waals surface area contributed by atoms with Crippen LogP contribution in [0.2, 0.25) is 0 Å². The van der Waals surface area contributed by atoms with E-state index >= 15 is 0 Å². The van der Waals surface area contributed by atoms with Gasteiger partial charge in [-0.25, -0.2) is 0 Å². The summed E-state index contributed by atoms with van der Waals surface area (Å²) in [5, 5.41) is 8.85. The van der Waals surface area contributed by atoms with Gasteiger partial charge >= 0.3 is 5.97 Å². The molecule has 0 radical (unpaired) electrons. The Labute approximate surface area is 79.4 Å². The minimum atomic E-state index is -0.612. The zero-order valence-electron chi connectivity index (χ0n) is 8.32. The third-order valence-corrected chi connectivity index (χ3v) is 1.41. The maximum Gasteiger partial charge on any atom is 0.308 e. The Bertz CT molecular complexity index is 162. The molecule has 0 spiro atoms. The Kier molecular flexibility index (Phi) is 7.30. The van der Waals surface area contributed by atoms with Crippen molar-refractivity contribution in [3.05, 3.63) is 12.2 Å². The molecule has 0 fully saturated rings. The van der Waals surface area contributed by atoms with Gasteiger partial charge in [-0.15, -0.1) is 0 Å². The van der Waals surface area contributed by atoms with Crippen LogP contribution in [0.5, 0.6) is 0 Å². The molecular weight excluding hydrogens is 168 g/mol. The van der Waals surface area contributed by atoms with Gasteiger partial charge in [0.25, 0.3) is 0 Å². The van der Waals surface area contributed by atoms with E-state index < -0.39 is 6.10 Å². The predicted octanol–water partition coefficient (Wildman–Crippen LogP) is 1.66. The van der Waals surface area contributed by atoms with E-state index in [1.807, 2.05) is 12.2 Å². The van der Waals surface area contributed by atoms with Crippen molar-refractivity contribution in [3.8, 4) is 0 Å². The summed E-state index contributed by atoms with van der Waals surface area (Å²) >= 11 is 0. The summed E-state index contributed by atoms with van der Waals surface area (Å²) in [6, 6.07) is 0. The van der Waals surface area contributed by atoms with Crippen molar-refractivity contribution in [1.29, 1.82) is 0 Å². The van der Waals surface area contributed by atoms with Gasteiger partial charge in [0.1, 0.15) is 0 Å². The van der Waals surface area contributed by atoms with E-state index in [-0.39, 0.29) is 12.4 Å². The molecule has 0 unspecified atom stereocenters. The lowest BCUT2D eigenvalue weighted by Gasteiger charge is -2.04. The maximum atomic E-state index is 10.9. The van der Waals surface area contributed by atoms with Crippen molar-refractivity contribution < 1.29 is 14.6 Å².